The third-order valence-electron chi connectivity index (χ3n) is 3.10. The molecular formula is C16H18ClNO2. The number of aromatic hydroxyl groups is 1. The van der Waals surface area contributed by atoms with E-state index in [1.165, 1.54) is 5.56 Å². The van der Waals surface area contributed by atoms with Crippen LogP contribution in [0.3, 0.4) is 0 Å². The first-order valence-corrected chi connectivity index (χ1v) is 6.91. The molecule has 0 heterocycles. The minimum Gasteiger partial charge on any atom is -0.508 e. The quantitative estimate of drug-likeness (QED) is 0.860. The van der Waals surface area contributed by atoms with Gasteiger partial charge in [-0.25, -0.2) is 0 Å². The maximum atomic E-state index is 9.87. The zero-order valence-corrected chi connectivity index (χ0v) is 11.9. The number of benzene rings is 2. The van der Waals surface area contributed by atoms with Crippen molar-refractivity contribution >= 4 is 11.6 Å². The van der Waals surface area contributed by atoms with E-state index in [0.717, 1.165) is 5.56 Å². The highest BCUT2D eigenvalue weighted by Crippen LogP contribution is 2.23. The highest BCUT2D eigenvalue weighted by molar-refractivity contribution is 6.30. The van der Waals surface area contributed by atoms with Crippen LogP contribution < -0.4 is 0 Å². The molecule has 0 aliphatic heterocycles. The van der Waals surface area contributed by atoms with Crippen molar-refractivity contribution in [1.29, 1.82) is 0 Å². The van der Waals surface area contributed by atoms with E-state index in [1.807, 2.05) is 30.3 Å². The highest BCUT2D eigenvalue weighted by atomic mass is 35.5. The molecule has 0 saturated heterocycles. The lowest BCUT2D eigenvalue weighted by Crippen LogP contribution is -2.26. The number of phenolic OH excluding ortho intramolecular Hbond substituents is 1. The Labute approximate surface area is 124 Å². The number of phenols is 1. The largest absolute Gasteiger partial charge is 0.508 e. The van der Waals surface area contributed by atoms with Gasteiger partial charge in [-0.2, -0.15) is 0 Å². The molecule has 0 spiro atoms. The normalized spacial score (nSPS) is 10.9. The topological polar surface area (TPSA) is 43.7 Å². The number of aliphatic hydroxyl groups excluding tert-OH is 1. The van der Waals surface area contributed by atoms with E-state index in [-0.39, 0.29) is 12.4 Å². The molecule has 0 radical (unpaired) electrons. The van der Waals surface area contributed by atoms with Gasteiger partial charge in [0.1, 0.15) is 5.75 Å². The molecule has 2 aromatic carbocycles. The lowest BCUT2D eigenvalue weighted by molar-refractivity contribution is 0.183. The smallest absolute Gasteiger partial charge is 0.120 e. The molecule has 0 fully saturated rings. The Morgan fingerprint density at radius 1 is 1.00 bits per heavy atom. The first kappa shape index (κ1) is 14.9. The van der Waals surface area contributed by atoms with Crippen LogP contribution in [-0.4, -0.2) is 28.3 Å². The Morgan fingerprint density at radius 2 is 1.75 bits per heavy atom. The number of aliphatic hydroxyl groups is 1. The fourth-order valence-corrected chi connectivity index (χ4v) is 2.31. The maximum Gasteiger partial charge on any atom is 0.120 e. The van der Waals surface area contributed by atoms with E-state index in [0.29, 0.717) is 24.7 Å². The maximum absolute atomic E-state index is 9.87. The van der Waals surface area contributed by atoms with Gasteiger partial charge >= 0.3 is 0 Å². The zero-order valence-electron chi connectivity index (χ0n) is 11.2. The van der Waals surface area contributed by atoms with Gasteiger partial charge in [-0.3, -0.25) is 4.90 Å². The van der Waals surface area contributed by atoms with Crippen molar-refractivity contribution < 1.29 is 10.2 Å². The van der Waals surface area contributed by atoms with Gasteiger partial charge in [0.15, 0.2) is 0 Å². The molecule has 2 N–H and O–H groups in total. The predicted octanol–water partition coefficient (Wildman–Crippen LogP) is 3.04. The van der Waals surface area contributed by atoms with Gasteiger partial charge in [0.25, 0.3) is 0 Å². The monoisotopic (exact) mass is 291 g/mol. The van der Waals surface area contributed by atoms with Gasteiger partial charge in [0.05, 0.1) is 6.61 Å². The Kier molecular flexibility index (Phi) is 5.41. The average molecular weight is 292 g/mol. The van der Waals surface area contributed by atoms with Crippen molar-refractivity contribution in [3.8, 4) is 5.75 Å². The molecule has 106 valence electrons. The summed E-state index contributed by atoms with van der Waals surface area (Å²) in [6.07, 6.45) is 0. The molecule has 0 aliphatic carbocycles. The van der Waals surface area contributed by atoms with Crippen LogP contribution in [-0.2, 0) is 13.1 Å². The summed E-state index contributed by atoms with van der Waals surface area (Å²) in [5.74, 6) is 0.227. The number of nitrogens with zero attached hydrogens (tertiary/aromatic N) is 1. The summed E-state index contributed by atoms with van der Waals surface area (Å²) in [6, 6.07) is 15.1. The lowest BCUT2D eigenvalue weighted by atomic mass is 10.1. The lowest BCUT2D eigenvalue weighted by Gasteiger charge is -2.22. The molecule has 3 nitrogen and oxygen atoms in total. The number of hydrogen-bond donors (Lipinski definition) is 2. The van der Waals surface area contributed by atoms with Crippen LogP contribution >= 0.6 is 11.6 Å². The molecule has 0 amide bonds. The van der Waals surface area contributed by atoms with Crippen molar-refractivity contribution in [2.45, 2.75) is 13.1 Å². The van der Waals surface area contributed by atoms with Gasteiger partial charge in [-0.1, -0.05) is 41.9 Å². The molecule has 0 aromatic heterocycles. The molecule has 4 heteroatoms. The molecule has 20 heavy (non-hydrogen) atoms. The summed E-state index contributed by atoms with van der Waals surface area (Å²) >= 11 is 5.96. The second-order valence-electron chi connectivity index (χ2n) is 4.69. The van der Waals surface area contributed by atoms with E-state index in [9.17, 15) is 10.2 Å². The molecule has 0 atom stereocenters. The second-order valence-corrected chi connectivity index (χ2v) is 5.13. The Hall–Kier alpha value is -1.55. The van der Waals surface area contributed by atoms with Gasteiger partial charge < -0.3 is 10.2 Å². The van der Waals surface area contributed by atoms with Crippen LogP contribution in [0.1, 0.15) is 11.1 Å². The number of rotatable bonds is 6. The summed E-state index contributed by atoms with van der Waals surface area (Å²) in [5.41, 5.74) is 1.93. The Bertz CT molecular complexity index is 545. The van der Waals surface area contributed by atoms with E-state index in [4.69, 9.17) is 11.6 Å². The summed E-state index contributed by atoms with van der Waals surface area (Å²) in [4.78, 5) is 2.07. The summed E-state index contributed by atoms with van der Waals surface area (Å²) in [7, 11) is 0. The van der Waals surface area contributed by atoms with Crippen molar-refractivity contribution in [2.24, 2.45) is 0 Å². The standard InChI is InChI=1S/C16H18ClNO2/c17-15-6-7-16(20)14(10-15)12-18(8-9-19)11-13-4-2-1-3-5-13/h1-7,10,19-20H,8-9,11-12H2. The molecule has 2 rings (SSSR count). The molecule has 0 aliphatic rings. The van der Waals surface area contributed by atoms with E-state index >= 15 is 0 Å². The first-order valence-electron chi connectivity index (χ1n) is 6.53. The molecular weight excluding hydrogens is 274 g/mol. The third-order valence-corrected chi connectivity index (χ3v) is 3.34. The number of halogens is 1. The fourth-order valence-electron chi connectivity index (χ4n) is 2.12. The third kappa shape index (κ3) is 4.23. The predicted molar refractivity (Wildman–Crippen MR) is 80.8 cm³/mol. The highest BCUT2D eigenvalue weighted by Gasteiger charge is 2.10. The SMILES string of the molecule is OCCN(Cc1ccccc1)Cc1cc(Cl)ccc1O. The van der Waals surface area contributed by atoms with Crippen molar-refractivity contribution in [2.75, 3.05) is 13.2 Å². The van der Waals surface area contributed by atoms with E-state index in [2.05, 4.69) is 4.90 Å². The minimum atomic E-state index is 0.0775. The van der Waals surface area contributed by atoms with Crippen LogP contribution in [0.4, 0.5) is 0 Å². The van der Waals surface area contributed by atoms with Crippen LogP contribution in [0.25, 0.3) is 0 Å². The van der Waals surface area contributed by atoms with Crippen molar-refractivity contribution in [3.05, 3.63) is 64.7 Å². The van der Waals surface area contributed by atoms with Crippen LogP contribution in [0, 0.1) is 0 Å². The summed E-state index contributed by atoms with van der Waals surface area (Å²) in [6.45, 7) is 1.88. The Morgan fingerprint density at radius 3 is 2.45 bits per heavy atom. The van der Waals surface area contributed by atoms with Gasteiger partial charge in [-0.15, -0.1) is 0 Å². The van der Waals surface area contributed by atoms with E-state index < -0.39 is 0 Å². The van der Waals surface area contributed by atoms with Gasteiger partial charge in [0.2, 0.25) is 0 Å². The number of hydrogen-bond acceptors (Lipinski definition) is 3. The second kappa shape index (κ2) is 7.29. The van der Waals surface area contributed by atoms with Gasteiger partial charge in [-0.05, 0) is 23.8 Å². The van der Waals surface area contributed by atoms with Crippen LogP contribution in [0.2, 0.25) is 5.02 Å². The first-order chi connectivity index (χ1) is 9.69. The zero-order chi connectivity index (χ0) is 14.4. The average Bonchev–Trinajstić information content (AvgIpc) is 2.44. The van der Waals surface area contributed by atoms with Crippen LogP contribution in [0.15, 0.2) is 48.5 Å². The molecule has 2 aromatic rings. The minimum absolute atomic E-state index is 0.0775. The fraction of sp³-hybridized carbons (Fsp3) is 0.250. The Balaban J connectivity index is 2.11. The molecule has 0 bridgehead atoms. The molecule has 0 unspecified atom stereocenters. The van der Waals surface area contributed by atoms with Crippen molar-refractivity contribution in [1.82, 2.24) is 4.90 Å². The van der Waals surface area contributed by atoms with Crippen molar-refractivity contribution in [3.63, 3.8) is 0 Å². The molecule has 0 saturated carbocycles. The van der Waals surface area contributed by atoms with Gasteiger partial charge in [0, 0.05) is 30.2 Å². The summed E-state index contributed by atoms with van der Waals surface area (Å²) < 4.78 is 0. The van der Waals surface area contributed by atoms with E-state index in [1.54, 1.807) is 18.2 Å². The summed E-state index contributed by atoms with van der Waals surface area (Å²) in [5, 5.41) is 19.7. The van der Waals surface area contributed by atoms with Crippen LogP contribution in [0.5, 0.6) is 5.75 Å².